The maximum Gasteiger partial charge on any atom is 0.516 e. The van der Waals surface area contributed by atoms with Gasteiger partial charge in [-0.05, 0) is 42.2 Å². The van der Waals surface area contributed by atoms with Gasteiger partial charge in [0.1, 0.15) is 12.0 Å². The lowest BCUT2D eigenvalue weighted by molar-refractivity contribution is -0.141. The van der Waals surface area contributed by atoms with Crippen molar-refractivity contribution in [2.45, 2.75) is 43.7 Å². The molecule has 0 spiro atoms. The number of aromatic nitrogens is 3. The quantitative estimate of drug-likeness (QED) is 0.350. The number of rotatable bonds is 9. The second-order valence-corrected chi connectivity index (χ2v) is 10.0. The Morgan fingerprint density at radius 2 is 1.58 bits per heavy atom. The average Bonchev–Trinajstić information content (AvgIpc) is 3.67. The minimum absolute atomic E-state index is 0.00801. The van der Waals surface area contributed by atoms with Crippen LogP contribution in [0.2, 0.25) is 0 Å². The number of alkyl halides is 6. The van der Waals surface area contributed by atoms with Gasteiger partial charge in [-0.15, -0.1) is 0 Å². The molecule has 1 saturated carbocycles. The SMILES string of the molecule is O=S(=O)(Nc1ccc(CNc2ncnc(N(Cc3ccc(C(F)(F)F)nc3)C3CC3)c2F)cc1)C(F)(F)F. The maximum absolute atomic E-state index is 15.3. The van der Waals surface area contributed by atoms with Gasteiger partial charge in [-0.2, -0.15) is 39.2 Å². The van der Waals surface area contributed by atoms with E-state index in [9.17, 15) is 34.8 Å². The number of halogens is 7. The molecule has 0 aliphatic heterocycles. The Kier molecular flexibility index (Phi) is 7.36. The van der Waals surface area contributed by atoms with E-state index in [0.29, 0.717) is 11.1 Å². The Morgan fingerprint density at radius 1 is 0.921 bits per heavy atom. The van der Waals surface area contributed by atoms with E-state index in [-0.39, 0.29) is 36.5 Å². The molecule has 8 nitrogen and oxygen atoms in total. The Morgan fingerprint density at radius 3 is 2.13 bits per heavy atom. The molecule has 0 bridgehead atoms. The van der Waals surface area contributed by atoms with Crippen LogP contribution in [-0.2, 0) is 29.3 Å². The van der Waals surface area contributed by atoms with Crippen LogP contribution in [0.5, 0.6) is 0 Å². The molecule has 0 atom stereocenters. The third-order valence-electron chi connectivity index (χ3n) is 5.47. The normalized spacial score (nSPS) is 14.3. The molecule has 1 fully saturated rings. The van der Waals surface area contributed by atoms with Crippen LogP contribution in [0.3, 0.4) is 0 Å². The summed E-state index contributed by atoms with van der Waals surface area (Å²) in [5.74, 6) is -1.02. The molecule has 1 aliphatic rings. The minimum Gasteiger partial charge on any atom is -0.363 e. The summed E-state index contributed by atoms with van der Waals surface area (Å²) in [4.78, 5) is 12.9. The molecule has 204 valence electrons. The van der Waals surface area contributed by atoms with Gasteiger partial charge in [0.15, 0.2) is 11.6 Å². The Balaban J connectivity index is 1.45. The zero-order chi connectivity index (χ0) is 27.7. The monoisotopic (exact) mass is 564 g/mol. The van der Waals surface area contributed by atoms with Gasteiger partial charge in [0.05, 0.1) is 0 Å². The zero-order valence-electron chi connectivity index (χ0n) is 19.2. The Labute approximate surface area is 212 Å². The van der Waals surface area contributed by atoms with Crippen LogP contribution in [0, 0.1) is 5.82 Å². The number of nitrogens with zero attached hydrogens (tertiary/aromatic N) is 4. The predicted octanol–water partition coefficient (Wildman–Crippen LogP) is 5.07. The summed E-state index contributed by atoms with van der Waals surface area (Å²) in [6.45, 7) is 0.0599. The highest BCUT2D eigenvalue weighted by molar-refractivity contribution is 7.93. The molecule has 0 radical (unpaired) electrons. The van der Waals surface area contributed by atoms with Gasteiger partial charge >= 0.3 is 21.7 Å². The van der Waals surface area contributed by atoms with E-state index in [1.807, 2.05) is 0 Å². The van der Waals surface area contributed by atoms with E-state index in [1.165, 1.54) is 22.9 Å². The first kappa shape index (κ1) is 27.3. The zero-order valence-corrected chi connectivity index (χ0v) is 20.0. The van der Waals surface area contributed by atoms with Crippen molar-refractivity contribution >= 4 is 27.3 Å². The molecule has 38 heavy (non-hydrogen) atoms. The van der Waals surface area contributed by atoms with Crippen molar-refractivity contribution in [2.24, 2.45) is 0 Å². The summed E-state index contributed by atoms with van der Waals surface area (Å²) in [6.07, 6.45) is -0.897. The standard InChI is InChI=1S/C22H19F7N6O2S/c23-18-19(31-9-13-1-4-15(5-2-13)34-38(36,37)22(27,28)29)32-12-33-20(18)35(16-6-7-16)11-14-3-8-17(30-10-14)21(24,25)26/h1-5,8,10,12,16,34H,6-7,9,11H2,(H,31,32,33). The summed E-state index contributed by atoms with van der Waals surface area (Å²) < 4.78 is 115. The van der Waals surface area contributed by atoms with Crippen LogP contribution in [0.4, 0.5) is 48.1 Å². The van der Waals surface area contributed by atoms with Gasteiger partial charge in [-0.1, -0.05) is 18.2 Å². The molecular weight excluding hydrogens is 545 g/mol. The smallest absolute Gasteiger partial charge is 0.363 e. The first-order valence-corrected chi connectivity index (χ1v) is 12.4. The molecule has 2 N–H and O–H groups in total. The van der Waals surface area contributed by atoms with Gasteiger partial charge in [0, 0.05) is 31.0 Å². The Hall–Kier alpha value is -3.69. The van der Waals surface area contributed by atoms with E-state index < -0.39 is 33.2 Å². The van der Waals surface area contributed by atoms with Crippen LogP contribution < -0.4 is 14.9 Å². The summed E-state index contributed by atoms with van der Waals surface area (Å²) in [6, 6.07) is 6.97. The van der Waals surface area contributed by atoms with E-state index in [2.05, 4.69) is 20.3 Å². The lowest BCUT2D eigenvalue weighted by Gasteiger charge is -2.24. The first-order chi connectivity index (χ1) is 17.7. The molecule has 1 aromatic carbocycles. The lowest BCUT2D eigenvalue weighted by Crippen LogP contribution is -2.29. The van der Waals surface area contributed by atoms with Crippen molar-refractivity contribution in [3.63, 3.8) is 0 Å². The van der Waals surface area contributed by atoms with Crippen molar-refractivity contribution in [1.82, 2.24) is 15.0 Å². The van der Waals surface area contributed by atoms with Crippen molar-refractivity contribution in [2.75, 3.05) is 14.9 Å². The van der Waals surface area contributed by atoms with Crippen LogP contribution in [0.15, 0.2) is 48.9 Å². The van der Waals surface area contributed by atoms with Gasteiger partial charge in [-0.25, -0.2) is 9.97 Å². The highest BCUT2D eigenvalue weighted by Crippen LogP contribution is 2.35. The minimum atomic E-state index is -5.56. The largest absolute Gasteiger partial charge is 0.516 e. The van der Waals surface area contributed by atoms with E-state index in [0.717, 1.165) is 43.6 Å². The van der Waals surface area contributed by atoms with Crippen LogP contribution in [0.1, 0.15) is 29.7 Å². The van der Waals surface area contributed by atoms with Crippen molar-refractivity contribution in [1.29, 1.82) is 0 Å². The topological polar surface area (TPSA) is 100 Å². The molecule has 1 aliphatic carbocycles. The Bertz CT molecular complexity index is 1380. The van der Waals surface area contributed by atoms with E-state index in [4.69, 9.17) is 0 Å². The number of hydrogen-bond donors (Lipinski definition) is 2. The fourth-order valence-corrected chi connectivity index (χ4v) is 3.98. The summed E-state index contributed by atoms with van der Waals surface area (Å²) in [5, 5.41) is 2.75. The number of anilines is 3. The van der Waals surface area contributed by atoms with Crippen molar-refractivity contribution < 1.29 is 39.2 Å². The van der Waals surface area contributed by atoms with Crippen LogP contribution >= 0.6 is 0 Å². The highest BCUT2D eigenvalue weighted by atomic mass is 32.2. The third kappa shape index (κ3) is 6.41. The van der Waals surface area contributed by atoms with Gasteiger partial charge in [-0.3, -0.25) is 9.71 Å². The molecule has 16 heteroatoms. The lowest BCUT2D eigenvalue weighted by atomic mass is 10.2. The predicted molar refractivity (Wildman–Crippen MR) is 123 cm³/mol. The number of nitrogens with one attached hydrogen (secondary N) is 2. The number of hydrogen-bond acceptors (Lipinski definition) is 7. The van der Waals surface area contributed by atoms with Crippen molar-refractivity contribution in [3.8, 4) is 0 Å². The first-order valence-electron chi connectivity index (χ1n) is 11.0. The second-order valence-electron chi connectivity index (χ2n) is 8.37. The fraction of sp³-hybridized carbons (Fsp3) is 0.318. The van der Waals surface area contributed by atoms with Gasteiger partial charge in [0.25, 0.3) is 0 Å². The second kappa shape index (κ2) is 10.2. The average molecular weight is 564 g/mol. The number of sulfonamides is 1. The van der Waals surface area contributed by atoms with Gasteiger partial charge in [0.2, 0.25) is 5.82 Å². The molecule has 0 unspecified atom stereocenters. The molecule has 0 amide bonds. The summed E-state index contributed by atoms with van der Waals surface area (Å²) in [7, 11) is -5.56. The fourth-order valence-electron chi connectivity index (χ4n) is 3.42. The van der Waals surface area contributed by atoms with E-state index >= 15 is 4.39 Å². The molecule has 0 saturated heterocycles. The molecule has 2 heterocycles. The van der Waals surface area contributed by atoms with Crippen LogP contribution in [-0.4, -0.2) is 34.9 Å². The maximum atomic E-state index is 15.3. The molecule has 3 aromatic rings. The molecular formula is C22H19F7N6O2S. The molecule has 4 rings (SSSR count). The van der Waals surface area contributed by atoms with Gasteiger partial charge < -0.3 is 10.2 Å². The summed E-state index contributed by atoms with van der Waals surface area (Å²) >= 11 is 0. The van der Waals surface area contributed by atoms with E-state index in [1.54, 1.807) is 4.90 Å². The summed E-state index contributed by atoms with van der Waals surface area (Å²) in [5.41, 5.74) is -5.90. The van der Waals surface area contributed by atoms with Crippen LogP contribution in [0.25, 0.3) is 0 Å². The molecule has 2 aromatic heterocycles. The number of pyridine rings is 1. The number of benzene rings is 1. The highest BCUT2D eigenvalue weighted by Gasteiger charge is 2.46. The third-order valence-corrected chi connectivity index (χ3v) is 6.58. The van der Waals surface area contributed by atoms with Crippen molar-refractivity contribution in [3.05, 3.63) is 71.6 Å².